The van der Waals surface area contributed by atoms with Crippen molar-refractivity contribution in [1.29, 1.82) is 0 Å². The average Bonchev–Trinajstić information content (AvgIpc) is 2.43. The Morgan fingerprint density at radius 2 is 2.05 bits per heavy atom. The largest absolute Gasteiger partial charge is 0.497 e. The number of rotatable bonds is 6. The van der Waals surface area contributed by atoms with E-state index in [0.29, 0.717) is 23.5 Å². The van der Waals surface area contributed by atoms with Crippen molar-refractivity contribution in [2.45, 2.75) is 26.8 Å². The Bertz CT molecular complexity index is 515. The summed E-state index contributed by atoms with van der Waals surface area (Å²) in [5.41, 5.74) is 6.55. The fourth-order valence-electron chi connectivity index (χ4n) is 1.89. The number of benzene rings is 1. The first-order valence-electron chi connectivity index (χ1n) is 6.91. The van der Waals surface area contributed by atoms with Gasteiger partial charge in [-0.2, -0.15) is 0 Å². The van der Waals surface area contributed by atoms with Crippen molar-refractivity contribution in [3.05, 3.63) is 23.8 Å². The van der Waals surface area contributed by atoms with Crippen molar-refractivity contribution in [1.82, 2.24) is 10.2 Å². The summed E-state index contributed by atoms with van der Waals surface area (Å²) in [7, 11) is 1.52. The van der Waals surface area contributed by atoms with Gasteiger partial charge in [0.05, 0.1) is 19.2 Å². The molecule has 1 rings (SSSR count). The zero-order chi connectivity index (χ0) is 16.0. The molecule has 0 aliphatic heterocycles. The van der Waals surface area contributed by atoms with Crippen LogP contribution in [0.15, 0.2) is 18.2 Å². The number of amides is 2. The number of nitrogen functional groups attached to an aromatic ring is 1. The average molecular weight is 293 g/mol. The molecule has 6 nitrogen and oxygen atoms in total. The van der Waals surface area contributed by atoms with Crippen LogP contribution in [0.5, 0.6) is 5.75 Å². The van der Waals surface area contributed by atoms with Gasteiger partial charge in [-0.25, -0.2) is 0 Å². The Kier molecular flexibility index (Phi) is 6.02. The monoisotopic (exact) mass is 293 g/mol. The van der Waals surface area contributed by atoms with Crippen LogP contribution in [0.1, 0.15) is 31.1 Å². The van der Waals surface area contributed by atoms with Crippen molar-refractivity contribution in [2.24, 2.45) is 0 Å². The van der Waals surface area contributed by atoms with Gasteiger partial charge in [0.25, 0.3) is 5.91 Å². The molecule has 3 N–H and O–H groups in total. The number of hydrogen-bond acceptors (Lipinski definition) is 4. The number of carbonyl (C=O) groups excluding carboxylic acids is 2. The van der Waals surface area contributed by atoms with Crippen molar-refractivity contribution in [3.8, 4) is 5.75 Å². The van der Waals surface area contributed by atoms with E-state index in [0.717, 1.165) is 0 Å². The fourth-order valence-corrected chi connectivity index (χ4v) is 1.89. The molecule has 21 heavy (non-hydrogen) atoms. The van der Waals surface area contributed by atoms with Gasteiger partial charge >= 0.3 is 0 Å². The van der Waals surface area contributed by atoms with Crippen LogP contribution in [0.2, 0.25) is 0 Å². The molecule has 0 aliphatic rings. The van der Waals surface area contributed by atoms with Gasteiger partial charge in [-0.05, 0) is 39.0 Å². The van der Waals surface area contributed by atoms with Crippen LogP contribution in [-0.4, -0.2) is 43.0 Å². The molecule has 0 radical (unpaired) electrons. The maximum absolute atomic E-state index is 12.5. The van der Waals surface area contributed by atoms with Crippen molar-refractivity contribution in [2.75, 3.05) is 25.9 Å². The first-order chi connectivity index (χ1) is 9.88. The fraction of sp³-hybridized carbons (Fsp3) is 0.467. The molecule has 0 saturated heterocycles. The molecule has 0 fully saturated rings. The molecule has 1 aromatic rings. The van der Waals surface area contributed by atoms with Crippen molar-refractivity contribution < 1.29 is 14.3 Å². The second kappa shape index (κ2) is 7.52. The predicted molar refractivity (Wildman–Crippen MR) is 82.3 cm³/mol. The van der Waals surface area contributed by atoms with E-state index in [9.17, 15) is 9.59 Å². The molecule has 0 bridgehead atoms. The molecular formula is C15H23N3O3. The highest BCUT2D eigenvalue weighted by Gasteiger charge is 2.20. The molecule has 0 heterocycles. The van der Waals surface area contributed by atoms with Crippen LogP contribution in [0, 0.1) is 0 Å². The highest BCUT2D eigenvalue weighted by Crippen LogP contribution is 2.21. The Morgan fingerprint density at radius 1 is 1.38 bits per heavy atom. The summed E-state index contributed by atoms with van der Waals surface area (Å²) < 4.78 is 5.10. The van der Waals surface area contributed by atoms with E-state index in [1.165, 1.54) is 12.0 Å². The smallest absolute Gasteiger partial charge is 0.256 e. The minimum atomic E-state index is -0.284. The Hall–Kier alpha value is -2.24. The lowest BCUT2D eigenvalue weighted by Gasteiger charge is -2.22. The topological polar surface area (TPSA) is 84.7 Å². The first-order valence-corrected chi connectivity index (χ1v) is 6.91. The third kappa shape index (κ3) is 4.66. The van der Waals surface area contributed by atoms with Gasteiger partial charge in [-0.1, -0.05) is 0 Å². The lowest BCUT2D eigenvalue weighted by molar-refractivity contribution is -0.122. The summed E-state index contributed by atoms with van der Waals surface area (Å²) in [4.78, 5) is 25.7. The van der Waals surface area contributed by atoms with Crippen molar-refractivity contribution >= 4 is 17.5 Å². The molecule has 0 saturated carbocycles. The molecule has 0 atom stereocenters. The lowest BCUT2D eigenvalue weighted by atomic mass is 10.1. The summed E-state index contributed by atoms with van der Waals surface area (Å²) in [5.74, 6) is 0.0738. The number of carbonyl (C=O) groups is 2. The predicted octanol–water partition coefficient (Wildman–Crippen LogP) is 1.26. The summed E-state index contributed by atoms with van der Waals surface area (Å²) in [6.07, 6.45) is 0. The molecular weight excluding hydrogens is 270 g/mol. The number of nitrogens with one attached hydrogen (secondary N) is 1. The van der Waals surface area contributed by atoms with E-state index in [1.54, 1.807) is 18.2 Å². The Balaban J connectivity index is 2.90. The van der Waals surface area contributed by atoms with Gasteiger partial charge < -0.3 is 20.7 Å². The molecule has 1 aromatic carbocycles. The number of ether oxygens (including phenoxy) is 1. The summed E-state index contributed by atoms with van der Waals surface area (Å²) in [6, 6.07) is 4.93. The minimum Gasteiger partial charge on any atom is -0.497 e. The lowest BCUT2D eigenvalue weighted by Crippen LogP contribution is -2.42. The maximum Gasteiger partial charge on any atom is 0.256 e. The molecule has 0 aliphatic carbocycles. The third-order valence-electron chi connectivity index (χ3n) is 2.94. The highest BCUT2D eigenvalue weighted by molar-refractivity contribution is 6.01. The van der Waals surface area contributed by atoms with Gasteiger partial charge in [-0.15, -0.1) is 0 Å². The van der Waals surface area contributed by atoms with Crippen LogP contribution >= 0.6 is 0 Å². The van der Waals surface area contributed by atoms with E-state index in [-0.39, 0.29) is 24.4 Å². The molecule has 0 spiro atoms. The maximum atomic E-state index is 12.5. The SMILES string of the molecule is CCN(CC(=O)NC(C)C)C(=O)c1cc(OC)ccc1N. The number of anilines is 1. The normalized spacial score (nSPS) is 10.3. The van der Waals surface area contributed by atoms with E-state index in [1.807, 2.05) is 20.8 Å². The third-order valence-corrected chi connectivity index (χ3v) is 2.94. The second-order valence-electron chi connectivity index (χ2n) is 4.99. The van der Waals surface area contributed by atoms with Gasteiger partial charge in [0, 0.05) is 18.3 Å². The summed E-state index contributed by atoms with van der Waals surface area (Å²) >= 11 is 0. The van der Waals surface area contributed by atoms with Gasteiger partial charge in [0.15, 0.2) is 0 Å². The number of nitrogens with two attached hydrogens (primary N) is 1. The van der Waals surface area contributed by atoms with E-state index in [4.69, 9.17) is 10.5 Å². The first kappa shape index (κ1) is 16.8. The zero-order valence-electron chi connectivity index (χ0n) is 13.0. The quantitative estimate of drug-likeness (QED) is 0.773. The molecule has 0 unspecified atom stereocenters. The van der Waals surface area contributed by atoms with E-state index in [2.05, 4.69) is 5.32 Å². The Morgan fingerprint density at radius 3 is 2.57 bits per heavy atom. The van der Waals surface area contributed by atoms with Crippen LogP contribution in [0.3, 0.4) is 0 Å². The molecule has 6 heteroatoms. The molecule has 116 valence electrons. The number of likely N-dealkylation sites (N-methyl/N-ethyl adjacent to an activating group) is 1. The number of methoxy groups -OCH3 is 1. The Labute approximate surface area is 125 Å². The van der Waals surface area contributed by atoms with Gasteiger partial charge in [0.2, 0.25) is 5.91 Å². The molecule has 2 amide bonds. The highest BCUT2D eigenvalue weighted by atomic mass is 16.5. The summed E-state index contributed by atoms with van der Waals surface area (Å²) in [5, 5.41) is 2.76. The second-order valence-corrected chi connectivity index (χ2v) is 4.99. The van der Waals surface area contributed by atoms with E-state index < -0.39 is 0 Å². The van der Waals surface area contributed by atoms with Gasteiger partial charge in [0.1, 0.15) is 5.75 Å². The number of hydrogen-bond donors (Lipinski definition) is 2. The number of nitrogens with zero attached hydrogens (tertiary/aromatic N) is 1. The van der Waals surface area contributed by atoms with Crippen molar-refractivity contribution in [3.63, 3.8) is 0 Å². The summed E-state index contributed by atoms with van der Waals surface area (Å²) in [6.45, 7) is 5.98. The van der Waals surface area contributed by atoms with Gasteiger partial charge in [-0.3, -0.25) is 9.59 Å². The molecule has 0 aromatic heterocycles. The van der Waals surface area contributed by atoms with Crippen LogP contribution < -0.4 is 15.8 Å². The van der Waals surface area contributed by atoms with Crippen LogP contribution in [0.25, 0.3) is 0 Å². The van der Waals surface area contributed by atoms with E-state index >= 15 is 0 Å². The minimum absolute atomic E-state index is 0.00413. The standard InChI is InChI=1S/C15H23N3O3/c1-5-18(9-14(19)17-10(2)3)15(20)12-8-11(21-4)6-7-13(12)16/h6-8,10H,5,9,16H2,1-4H3,(H,17,19). The zero-order valence-corrected chi connectivity index (χ0v) is 13.0. The van der Waals surface area contributed by atoms with Crippen LogP contribution in [-0.2, 0) is 4.79 Å². The van der Waals surface area contributed by atoms with Crippen LogP contribution in [0.4, 0.5) is 5.69 Å².